The lowest BCUT2D eigenvalue weighted by atomic mass is 10.1. The van der Waals surface area contributed by atoms with Crippen molar-refractivity contribution >= 4 is 23.3 Å². The van der Waals surface area contributed by atoms with E-state index in [0.717, 1.165) is 16.8 Å². The van der Waals surface area contributed by atoms with Crippen LogP contribution in [-0.2, 0) is 0 Å². The van der Waals surface area contributed by atoms with Crippen molar-refractivity contribution in [3.05, 3.63) is 64.9 Å². The molecule has 2 amide bonds. The second-order valence-electron chi connectivity index (χ2n) is 5.63. The van der Waals surface area contributed by atoms with E-state index >= 15 is 0 Å². The summed E-state index contributed by atoms with van der Waals surface area (Å²) in [6, 6.07) is 12.5. The molecule has 0 aliphatic rings. The SMILES string of the molecule is Cc1ccc(-n2cnnn2)cc1NC(=O)N[C@@H](C)c1cccc(Cl)c1. The molecule has 0 fully saturated rings. The van der Waals surface area contributed by atoms with Gasteiger partial charge in [-0.2, -0.15) is 0 Å². The lowest BCUT2D eigenvalue weighted by molar-refractivity contribution is 0.249. The number of aromatic nitrogens is 4. The van der Waals surface area contributed by atoms with Crippen molar-refractivity contribution in [2.24, 2.45) is 0 Å². The summed E-state index contributed by atoms with van der Waals surface area (Å²) in [6.45, 7) is 3.81. The van der Waals surface area contributed by atoms with E-state index in [9.17, 15) is 4.79 Å². The van der Waals surface area contributed by atoms with Gasteiger partial charge in [0.1, 0.15) is 6.33 Å². The first kappa shape index (κ1) is 16.9. The molecule has 25 heavy (non-hydrogen) atoms. The van der Waals surface area contributed by atoms with Crippen molar-refractivity contribution in [3.63, 3.8) is 0 Å². The van der Waals surface area contributed by atoms with Crippen LogP contribution in [0.25, 0.3) is 5.69 Å². The Kier molecular flexibility index (Phi) is 4.95. The fourth-order valence-electron chi connectivity index (χ4n) is 2.38. The molecular formula is C17H17ClN6O. The van der Waals surface area contributed by atoms with Crippen LogP contribution in [0.15, 0.2) is 48.8 Å². The highest BCUT2D eigenvalue weighted by molar-refractivity contribution is 6.30. The van der Waals surface area contributed by atoms with Crippen LogP contribution in [0.4, 0.5) is 10.5 Å². The zero-order valence-corrected chi connectivity index (χ0v) is 14.5. The Morgan fingerprint density at radius 2 is 2.08 bits per heavy atom. The minimum absolute atomic E-state index is 0.179. The molecule has 8 heteroatoms. The van der Waals surface area contributed by atoms with Crippen molar-refractivity contribution in [3.8, 4) is 5.69 Å². The Morgan fingerprint density at radius 1 is 1.24 bits per heavy atom. The monoisotopic (exact) mass is 356 g/mol. The number of benzene rings is 2. The molecule has 0 aliphatic heterocycles. The Morgan fingerprint density at radius 3 is 2.80 bits per heavy atom. The maximum Gasteiger partial charge on any atom is 0.319 e. The Labute approximate surface area is 150 Å². The summed E-state index contributed by atoms with van der Waals surface area (Å²) >= 11 is 6.00. The number of nitrogens with one attached hydrogen (secondary N) is 2. The fraction of sp³-hybridized carbons (Fsp3) is 0.176. The second-order valence-corrected chi connectivity index (χ2v) is 6.07. The van der Waals surface area contributed by atoms with Crippen LogP contribution in [0.2, 0.25) is 5.02 Å². The van der Waals surface area contributed by atoms with Crippen LogP contribution < -0.4 is 10.6 Å². The van der Waals surface area contributed by atoms with Crippen LogP contribution >= 0.6 is 11.6 Å². The number of urea groups is 1. The maximum absolute atomic E-state index is 12.3. The third-order valence-electron chi connectivity index (χ3n) is 3.78. The molecule has 0 saturated carbocycles. The van der Waals surface area contributed by atoms with Gasteiger partial charge in [-0.3, -0.25) is 0 Å². The molecule has 0 unspecified atom stereocenters. The highest BCUT2D eigenvalue weighted by Crippen LogP contribution is 2.20. The highest BCUT2D eigenvalue weighted by Gasteiger charge is 2.12. The number of aryl methyl sites for hydroxylation is 1. The van der Waals surface area contributed by atoms with Crippen LogP contribution in [0.5, 0.6) is 0 Å². The van der Waals surface area contributed by atoms with Crippen molar-refractivity contribution in [2.75, 3.05) is 5.32 Å². The van der Waals surface area contributed by atoms with Gasteiger partial charge >= 0.3 is 6.03 Å². The molecule has 0 bridgehead atoms. The van der Waals surface area contributed by atoms with Gasteiger partial charge in [0.15, 0.2) is 0 Å². The predicted octanol–water partition coefficient (Wildman–Crippen LogP) is 3.51. The molecule has 7 nitrogen and oxygen atoms in total. The Bertz CT molecular complexity index is 881. The lowest BCUT2D eigenvalue weighted by Gasteiger charge is -2.16. The van der Waals surface area contributed by atoms with E-state index in [1.165, 1.54) is 11.0 Å². The molecule has 1 aromatic heterocycles. The smallest absolute Gasteiger partial charge is 0.319 e. The summed E-state index contributed by atoms with van der Waals surface area (Å²) < 4.78 is 1.52. The number of hydrogen-bond donors (Lipinski definition) is 2. The van der Waals surface area contributed by atoms with E-state index in [2.05, 4.69) is 26.2 Å². The van der Waals surface area contributed by atoms with E-state index < -0.39 is 0 Å². The number of hydrogen-bond acceptors (Lipinski definition) is 4. The van der Waals surface area contributed by atoms with Gasteiger partial charge in [-0.05, 0) is 59.7 Å². The van der Waals surface area contributed by atoms with Gasteiger partial charge in [0.05, 0.1) is 11.7 Å². The summed E-state index contributed by atoms with van der Waals surface area (Å²) in [4.78, 5) is 12.3. The summed E-state index contributed by atoms with van der Waals surface area (Å²) in [6.07, 6.45) is 1.50. The van der Waals surface area contributed by atoms with Crippen LogP contribution in [0, 0.1) is 6.92 Å². The number of carbonyl (C=O) groups is 1. The van der Waals surface area contributed by atoms with E-state index in [-0.39, 0.29) is 12.1 Å². The molecule has 1 atom stereocenters. The summed E-state index contributed by atoms with van der Waals surface area (Å²) in [5.41, 5.74) is 3.31. The minimum atomic E-state index is -0.301. The number of rotatable bonds is 4. The van der Waals surface area contributed by atoms with Crippen LogP contribution in [0.1, 0.15) is 24.1 Å². The number of halogens is 1. The van der Waals surface area contributed by atoms with Gasteiger partial charge in [0.2, 0.25) is 0 Å². The lowest BCUT2D eigenvalue weighted by Crippen LogP contribution is -2.31. The number of carbonyl (C=O) groups excluding carboxylic acids is 1. The van der Waals surface area contributed by atoms with E-state index in [1.54, 1.807) is 6.07 Å². The van der Waals surface area contributed by atoms with Gasteiger partial charge in [-0.15, -0.1) is 5.10 Å². The first-order valence-electron chi connectivity index (χ1n) is 7.70. The number of amides is 2. The standard InChI is InChI=1S/C17H17ClN6O/c1-11-6-7-15(24-10-19-22-23-24)9-16(11)21-17(25)20-12(2)13-4-3-5-14(18)8-13/h3-10,12H,1-2H3,(H2,20,21,25)/t12-/m0/s1. The molecule has 2 N–H and O–H groups in total. The summed E-state index contributed by atoms with van der Waals surface area (Å²) in [5, 5.41) is 17.5. The maximum atomic E-state index is 12.3. The summed E-state index contributed by atoms with van der Waals surface area (Å²) in [7, 11) is 0. The zero-order valence-electron chi connectivity index (χ0n) is 13.8. The van der Waals surface area contributed by atoms with Crippen molar-refractivity contribution in [2.45, 2.75) is 19.9 Å². The quantitative estimate of drug-likeness (QED) is 0.749. The van der Waals surface area contributed by atoms with Crippen LogP contribution in [0.3, 0.4) is 0 Å². The van der Waals surface area contributed by atoms with Gasteiger partial charge in [0.25, 0.3) is 0 Å². The van der Waals surface area contributed by atoms with Gasteiger partial charge in [-0.25, -0.2) is 9.48 Å². The molecule has 128 valence electrons. The second kappa shape index (κ2) is 7.31. The first-order valence-corrected chi connectivity index (χ1v) is 8.08. The molecular weight excluding hydrogens is 340 g/mol. The number of tetrazole rings is 1. The third kappa shape index (κ3) is 4.13. The minimum Gasteiger partial charge on any atom is -0.331 e. The fourth-order valence-corrected chi connectivity index (χ4v) is 2.58. The van der Waals surface area contributed by atoms with Gasteiger partial charge in [0, 0.05) is 10.7 Å². The van der Waals surface area contributed by atoms with Gasteiger partial charge < -0.3 is 10.6 Å². The third-order valence-corrected chi connectivity index (χ3v) is 4.01. The van der Waals surface area contributed by atoms with E-state index in [4.69, 9.17) is 11.6 Å². The van der Waals surface area contributed by atoms with Crippen molar-refractivity contribution < 1.29 is 4.79 Å². The number of anilines is 1. The average Bonchev–Trinajstić information content (AvgIpc) is 3.11. The van der Waals surface area contributed by atoms with Crippen molar-refractivity contribution in [1.82, 2.24) is 25.5 Å². The molecule has 0 spiro atoms. The molecule has 0 radical (unpaired) electrons. The first-order chi connectivity index (χ1) is 12.0. The Hall–Kier alpha value is -2.93. The van der Waals surface area contributed by atoms with Gasteiger partial charge in [-0.1, -0.05) is 29.8 Å². The molecule has 2 aromatic carbocycles. The number of nitrogens with zero attached hydrogens (tertiary/aromatic N) is 4. The van der Waals surface area contributed by atoms with Crippen molar-refractivity contribution in [1.29, 1.82) is 0 Å². The van der Waals surface area contributed by atoms with E-state index in [1.807, 2.05) is 50.2 Å². The molecule has 3 rings (SSSR count). The molecule has 0 saturated heterocycles. The Balaban J connectivity index is 1.71. The largest absolute Gasteiger partial charge is 0.331 e. The normalized spacial score (nSPS) is 11.8. The zero-order chi connectivity index (χ0) is 17.8. The molecule has 3 aromatic rings. The van der Waals surface area contributed by atoms with E-state index in [0.29, 0.717) is 10.7 Å². The molecule has 1 heterocycles. The van der Waals surface area contributed by atoms with Crippen LogP contribution in [-0.4, -0.2) is 26.2 Å². The topological polar surface area (TPSA) is 84.7 Å². The average molecular weight is 357 g/mol. The predicted molar refractivity (Wildman–Crippen MR) is 95.9 cm³/mol. The molecule has 0 aliphatic carbocycles. The highest BCUT2D eigenvalue weighted by atomic mass is 35.5. The summed E-state index contributed by atoms with van der Waals surface area (Å²) in [5.74, 6) is 0.